The number of aliphatic hydroxyl groups is 2. The minimum Gasteiger partial charge on any atom is -0.361 e. The SMILES string of the molecule is CCCCCCCC/C=C\CCCCCCC[C](O)O. The molecule has 0 fully saturated rings. The first-order chi connectivity index (χ1) is 9.77. The standard InChI is InChI=1S/C18H35O2/c1-2-3-4-5-6-7-8-9-10-11-12-13-14-15-16-17-18(19)20/h9-10,19-20H,2-8,11-17H2,1H3/b10-9-. The molecule has 0 spiro atoms. The molecule has 0 amide bonds. The van der Waals surface area contributed by atoms with E-state index >= 15 is 0 Å². The van der Waals surface area contributed by atoms with E-state index in [1.807, 2.05) is 0 Å². The van der Waals surface area contributed by atoms with E-state index in [0.717, 1.165) is 12.8 Å². The number of rotatable bonds is 15. The molecule has 0 aromatic heterocycles. The third-order valence-electron chi connectivity index (χ3n) is 3.66. The van der Waals surface area contributed by atoms with Gasteiger partial charge in [-0.2, -0.15) is 0 Å². The summed E-state index contributed by atoms with van der Waals surface area (Å²) in [6.45, 7) is 2.26. The largest absolute Gasteiger partial charge is 0.361 e. The summed E-state index contributed by atoms with van der Waals surface area (Å²) in [5.74, 6) is 0. The Labute approximate surface area is 126 Å². The molecule has 0 saturated heterocycles. The van der Waals surface area contributed by atoms with Crippen LogP contribution in [0, 0.1) is 6.29 Å². The zero-order chi connectivity index (χ0) is 14.9. The van der Waals surface area contributed by atoms with Crippen LogP contribution in [-0.2, 0) is 0 Å². The summed E-state index contributed by atoms with van der Waals surface area (Å²) in [6, 6.07) is 0. The van der Waals surface area contributed by atoms with Crippen molar-refractivity contribution in [3.63, 3.8) is 0 Å². The average molecular weight is 283 g/mol. The fraction of sp³-hybridized carbons (Fsp3) is 0.833. The molecular formula is C18H35O2. The number of aliphatic hydroxyl groups excluding tert-OH is 1. The number of hydrogen-bond acceptors (Lipinski definition) is 2. The first-order valence-electron chi connectivity index (χ1n) is 8.66. The van der Waals surface area contributed by atoms with Crippen molar-refractivity contribution < 1.29 is 10.2 Å². The predicted octanol–water partition coefficient (Wildman–Crippen LogP) is 6.26. The van der Waals surface area contributed by atoms with E-state index in [1.54, 1.807) is 0 Å². The second-order valence-corrected chi connectivity index (χ2v) is 5.75. The van der Waals surface area contributed by atoms with Gasteiger partial charge < -0.3 is 10.2 Å². The highest BCUT2D eigenvalue weighted by molar-refractivity contribution is 4.81. The lowest BCUT2D eigenvalue weighted by atomic mass is 10.1. The van der Waals surface area contributed by atoms with Crippen molar-refractivity contribution in [2.24, 2.45) is 0 Å². The van der Waals surface area contributed by atoms with Crippen LogP contribution in [0.1, 0.15) is 96.8 Å². The lowest BCUT2D eigenvalue weighted by molar-refractivity contribution is 0.0704. The molecule has 20 heavy (non-hydrogen) atoms. The summed E-state index contributed by atoms with van der Waals surface area (Å²) in [7, 11) is 0. The van der Waals surface area contributed by atoms with Crippen molar-refractivity contribution in [2.45, 2.75) is 96.8 Å². The van der Waals surface area contributed by atoms with Crippen molar-refractivity contribution in [2.75, 3.05) is 0 Å². The van der Waals surface area contributed by atoms with E-state index in [2.05, 4.69) is 19.1 Å². The van der Waals surface area contributed by atoms with Crippen LogP contribution in [0.3, 0.4) is 0 Å². The minimum atomic E-state index is -0.414. The van der Waals surface area contributed by atoms with Crippen LogP contribution in [0.2, 0.25) is 0 Å². The molecule has 1 radical (unpaired) electrons. The highest BCUT2D eigenvalue weighted by atomic mass is 16.5. The van der Waals surface area contributed by atoms with Crippen LogP contribution in [-0.4, -0.2) is 10.2 Å². The smallest absolute Gasteiger partial charge is 0.218 e. The van der Waals surface area contributed by atoms with Crippen LogP contribution >= 0.6 is 0 Å². The van der Waals surface area contributed by atoms with E-state index in [9.17, 15) is 0 Å². The number of allylic oxidation sites excluding steroid dienone is 2. The van der Waals surface area contributed by atoms with E-state index < -0.39 is 6.29 Å². The molecule has 0 rings (SSSR count). The molecule has 119 valence electrons. The zero-order valence-corrected chi connectivity index (χ0v) is 13.4. The van der Waals surface area contributed by atoms with Crippen LogP contribution in [0.5, 0.6) is 0 Å². The zero-order valence-electron chi connectivity index (χ0n) is 13.4. The summed E-state index contributed by atoms with van der Waals surface area (Å²) in [4.78, 5) is 0. The first-order valence-corrected chi connectivity index (χ1v) is 8.66. The highest BCUT2D eigenvalue weighted by Crippen LogP contribution is 2.11. The quantitative estimate of drug-likeness (QED) is 0.275. The fourth-order valence-electron chi connectivity index (χ4n) is 2.35. The second-order valence-electron chi connectivity index (χ2n) is 5.75. The topological polar surface area (TPSA) is 40.5 Å². The molecule has 2 nitrogen and oxygen atoms in total. The van der Waals surface area contributed by atoms with Crippen molar-refractivity contribution in [3.05, 3.63) is 18.4 Å². The lowest BCUT2D eigenvalue weighted by Crippen LogP contribution is -1.92. The van der Waals surface area contributed by atoms with Crippen molar-refractivity contribution in [1.82, 2.24) is 0 Å². The molecule has 0 heterocycles. The Morgan fingerprint density at radius 3 is 1.60 bits per heavy atom. The van der Waals surface area contributed by atoms with Gasteiger partial charge in [0.1, 0.15) is 0 Å². The Bertz CT molecular complexity index is 200. The van der Waals surface area contributed by atoms with Crippen molar-refractivity contribution in [1.29, 1.82) is 0 Å². The molecule has 0 aliphatic carbocycles. The predicted molar refractivity (Wildman–Crippen MR) is 86.6 cm³/mol. The summed E-state index contributed by atoms with van der Waals surface area (Å²) in [5, 5.41) is 17.2. The van der Waals surface area contributed by atoms with E-state index in [-0.39, 0.29) is 0 Å². The van der Waals surface area contributed by atoms with Gasteiger partial charge in [-0.3, -0.25) is 0 Å². The maximum Gasteiger partial charge on any atom is 0.218 e. The molecule has 0 bridgehead atoms. The maximum absolute atomic E-state index is 8.62. The van der Waals surface area contributed by atoms with Gasteiger partial charge in [0.2, 0.25) is 6.29 Å². The Kier molecular flexibility index (Phi) is 16.4. The van der Waals surface area contributed by atoms with Crippen molar-refractivity contribution in [3.8, 4) is 0 Å². The first kappa shape index (κ1) is 19.7. The van der Waals surface area contributed by atoms with Gasteiger partial charge in [-0.15, -0.1) is 0 Å². The molecule has 2 heteroatoms. The number of hydrogen-bond donors (Lipinski definition) is 2. The van der Waals surface area contributed by atoms with Crippen LogP contribution in [0.4, 0.5) is 0 Å². The summed E-state index contributed by atoms with van der Waals surface area (Å²) in [6.07, 6.45) is 21.2. The van der Waals surface area contributed by atoms with Crippen LogP contribution in [0.25, 0.3) is 0 Å². The minimum absolute atomic E-state index is 0.414. The summed E-state index contributed by atoms with van der Waals surface area (Å²) in [5.41, 5.74) is 0. The average Bonchev–Trinajstić information content (AvgIpc) is 2.43. The Morgan fingerprint density at radius 2 is 1.10 bits per heavy atom. The lowest BCUT2D eigenvalue weighted by Gasteiger charge is -2.01. The third-order valence-corrected chi connectivity index (χ3v) is 3.66. The maximum atomic E-state index is 8.62. The van der Waals surface area contributed by atoms with Gasteiger partial charge in [0, 0.05) is 6.42 Å². The summed E-state index contributed by atoms with van der Waals surface area (Å²) < 4.78 is 0. The normalized spacial score (nSPS) is 11.8. The van der Waals surface area contributed by atoms with Gasteiger partial charge in [-0.05, 0) is 32.1 Å². The molecule has 0 unspecified atom stereocenters. The van der Waals surface area contributed by atoms with Gasteiger partial charge in [-0.1, -0.05) is 70.4 Å². The molecule has 0 saturated carbocycles. The monoisotopic (exact) mass is 283 g/mol. The molecule has 0 atom stereocenters. The van der Waals surface area contributed by atoms with Gasteiger partial charge >= 0.3 is 0 Å². The van der Waals surface area contributed by atoms with E-state index in [1.165, 1.54) is 70.6 Å². The fourth-order valence-corrected chi connectivity index (χ4v) is 2.35. The Morgan fingerprint density at radius 1 is 0.650 bits per heavy atom. The molecule has 2 N–H and O–H groups in total. The van der Waals surface area contributed by atoms with Gasteiger partial charge in [0.05, 0.1) is 0 Å². The second kappa shape index (κ2) is 16.7. The van der Waals surface area contributed by atoms with Gasteiger partial charge in [0.15, 0.2) is 0 Å². The number of unbranched alkanes of at least 4 members (excludes halogenated alkanes) is 11. The Balaban J connectivity index is 3.05. The molecule has 0 aromatic rings. The van der Waals surface area contributed by atoms with E-state index in [0.29, 0.717) is 6.42 Å². The van der Waals surface area contributed by atoms with Gasteiger partial charge in [-0.25, -0.2) is 0 Å². The van der Waals surface area contributed by atoms with Crippen LogP contribution in [0.15, 0.2) is 12.2 Å². The third kappa shape index (κ3) is 17.7. The van der Waals surface area contributed by atoms with E-state index in [4.69, 9.17) is 10.2 Å². The Hall–Kier alpha value is -0.340. The highest BCUT2D eigenvalue weighted by Gasteiger charge is 1.98. The molecular weight excluding hydrogens is 248 g/mol. The molecule has 0 aliphatic rings. The van der Waals surface area contributed by atoms with Gasteiger partial charge in [0.25, 0.3) is 0 Å². The summed E-state index contributed by atoms with van der Waals surface area (Å²) >= 11 is 0. The molecule has 0 aromatic carbocycles. The van der Waals surface area contributed by atoms with Crippen molar-refractivity contribution >= 4 is 0 Å². The van der Waals surface area contributed by atoms with Crippen LogP contribution < -0.4 is 0 Å². The molecule has 0 aliphatic heterocycles.